The zero-order chi connectivity index (χ0) is 18.5. The van der Waals surface area contributed by atoms with E-state index in [1.54, 1.807) is 23.1 Å². The van der Waals surface area contributed by atoms with Gasteiger partial charge in [0.1, 0.15) is 0 Å². The van der Waals surface area contributed by atoms with Gasteiger partial charge < -0.3 is 4.90 Å². The number of thiazole rings is 1. The molecule has 3 rings (SSSR count). The third-order valence-electron chi connectivity index (χ3n) is 3.97. The summed E-state index contributed by atoms with van der Waals surface area (Å²) in [5.74, 6) is 0.503. The first-order chi connectivity index (χ1) is 12.5. The molecule has 3 aromatic rings. The molecule has 0 aliphatic heterocycles. The second-order valence-corrected chi connectivity index (χ2v) is 8.47. The molecule has 0 N–H and O–H groups in total. The quantitative estimate of drug-likeness (QED) is 0.569. The van der Waals surface area contributed by atoms with Gasteiger partial charge >= 0.3 is 0 Å². The minimum Gasteiger partial charge on any atom is -0.308 e. The van der Waals surface area contributed by atoms with Crippen molar-refractivity contribution in [3.05, 3.63) is 54.1 Å². The Morgan fingerprint density at radius 2 is 1.81 bits per heavy atom. The lowest BCUT2D eigenvalue weighted by molar-refractivity contribution is -0.116. The van der Waals surface area contributed by atoms with Gasteiger partial charge in [-0.15, -0.1) is 11.8 Å². The third kappa shape index (κ3) is 4.84. The standard InChI is InChI=1S/C20H23N3OS2/c1-15-8-10-16(11-9-15)25-14-19(24)23(13-12-22(2)3)20-21-17-6-4-5-7-18(17)26-20/h4-11H,12-14H2,1-3H3. The summed E-state index contributed by atoms with van der Waals surface area (Å²) in [4.78, 5) is 22.6. The van der Waals surface area contributed by atoms with Crippen molar-refractivity contribution < 1.29 is 4.79 Å². The highest BCUT2D eigenvalue weighted by atomic mass is 32.2. The molecule has 2 aromatic carbocycles. The first kappa shape index (κ1) is 18.9. The number of amides is 1. The first-order valence-electron chi connectivity index (χ1n) is 8.53. The Labute approximate surface area is 162 Å². The SMILES string of the molecule is Cc1ccc(SCC(=O)N(CCN(C)C)c2nc3ccccc3s2)cc1. The van der Waals surface area contributed by atoms with Crippen LogP contribution in [-0.4, -0.2) is 48.7 Å². The highest BCUT2D eigenvalue weighted by molar-refractivity contribution is 8.00. The van der Waals surface area contributed by atoms with Crippen molar-refractivity contribution in [2.45, 2.75) is 11.8 Å². The number of fused-ring (bicyclic) bond motifs is 1. The van der Waals surface area contributed by atoms with Gasteiger partial charge in [0.25, 0.3) is 0 Å². The van der Waals surface area contributed by atoms with Gasteiger partial charge in [-0.2, -0.15) is 0 Å². The molecule has 0 atom stereocenters. The summed E-state index contributed by atoms with van der Waals surface area (Å²) in [7, 11) is 4.03. The highest BCUT2D eigenvalue weighted by Gasteiger charge is 2.20. The van der Waals surface area contributed by atoms with Gasteiger partial charge in [-0.05, 0) is 45.3 Å². The minimum atomic E-state index is 0.0940. The lowest BCUT2D eigenvalue weighted by atomic mass is 10.2. The van der Waals surface area contributed by atoms with Gasteiger partial charge in [0.05, 0.1) is 16.0 Å². The van der Waals surface area contributed by atoms with Crippen molar-refractivity contribution >= 4 is 44.4 Å². The van der Waals surface area contributed by atoms with E-state index in [9.17, 15) is 4.79 Å². The van der Waals surface area contributed by atoms with Gasteiger partial charge in [0.15, 0.2) is 5.13 Å². The second kappa shape index (κ2) is 8.66. The van der Waals surface area contributed by atoms with Crippen LogP contribution in [0.3, 0.4) is 0 Å². The fourth-order valence-corrected chi connectivity index (χ4v) is 4.24. The molecule has 0 unspecified atom stereocenters. The molecule has 0 fully saturated rings. The maximum absolute atomic E-state index is 12.9. The van der Waals surface area contributed by atoms with Crippen molar-refractivity contribution in [2.24, 2.45) is 0 Å². The number of aromatic nitrogens is 1. The van der Waals surface area contributed by atoms with Crippen LogP contribution in [0.5, 0.6) is 0 Å². The van der Waals surface area contributed by atoms with Gasteiger partial charge in [-0.1, -0.05) is 41.2 Å². The topological polar surface area (TPSA) is 36.4 Å². The summed E-state index contributed by atoms with van der Waals surface area (Å²) >= 11 is 3.15. The number of benzene rings is 2. The molecule has 0 saturated heterocycles. The zero-order valence-electron chi connectivity index (χ0n) is 15.3. The molecule has 1 amide bonds. The van der Waals surface area contributed by atoms with Crippen LogP contribution in [0.1, 0.15) is 5.56 Å². The van der Waals surface area contributed by atoms with Crippen LogP contribution < -0.4 is 4.90 Å². The number of rotatable bonds is 7. The molecular formula is C20H23N3OS2. The summed E-state index contributed by atoms with van der Waals surface area (Å²) in [5, 5.41) is 0.780. The number of carbonyl (C=O) groups excluding carboxylic acids is 1. The highest BCUT2D eigenvalue weighted by Crippen LogP contribution is 2.29. The minimum absolute atomic E-state index is 0.0940. The van der Waals surface area contributed by atoms with Crippen molar-refractivity contribution in [2.75, 3.05) is 37.8 Å². The van der Waals surface area contributed by atoms with Crippen LogP contribution in [-0.2, 0) is 4.79 Å². The van der Waals surface area contributed by atoms with E-state index in [0.29, 0.717) is 12.3 Å². The van der Waals surface area contributed by atoms with Crippen LogP contribution in [0.2, 0.25) is 0 Å². The van der Waals surface area contributed by atoms with Crippen LogP contribution in [0.4, 0.5) is 5.13 Å². The Morgan fingerprint density at radius 1 is 1.08 bits per heavy atom. The van der Waals surface area contributed by atoms with E-state index < -0.39 is 0 Å². The van der Waals surface area contributed by atoms with Gasteiger partial charge in [0, 0.05) is 18.0 Å². The van der Waals surface area contributed by atoms with E-state index in [2.05, 4.69) is 41.1 Å². The molecule has 4 nitrogen and oxygen atoms in total. The first-order valence-corrected chi connectivity index (χ1v) is 10.3. The maximum atomic E-state index is 12.9. The fraction of sp³-hybridized carbons (Fsp3) is 0.300. The number of anilines is 1. The van der Waals surface area contributed by atoms with Crippen LogP contribution >= 0.6 is 23.1 Å². The molecule has 0 aliphatic carbocycles. The Hall–Kier alpha value is -1.89. The normalized spacial score (nSPS) is 11.2. The van der Waals surface area contributed by atoms with Gasteiger partial charge in [-0.3, -0.25) is 9.69 Å². The molecule has 26 heavy (non-hydrogen) atoms. The summed E-state index contributed by atoms with van der Waals surface area (Å²) in [6.45, 7) is 3.51. The van der Waals surface area contributed by atoms with E-state index in [1.165, 1.54) is 5.56 Å². The number of hydrogen-bond donors (Lipinski definition) is 0. The lowest BCUT2D eigenvalue weighted by Crippen LogP contribution is -2.37. The Balaban J connectivity index is 1.75. The zero-order valence-corrected chi connectivity index (χ0v) is 16.9. The third-order valence-corrected chi connectivity index (χ3v) is 6.02. The second-order valence-electron chi connectivity index (χ2n) is 6.41. The summed E-state index contributed by atoms with van der Waals surface area (Å²) in [6, 6.07) is 16.3. The van der Waals surface area contributed by atoms with Crippen molar-refractivity contribution in [1.29, 1.82) is 0 Å². The van der Waals surface area contributed by atoms with E-state index in [1.807, 2.05) is 43.3 Å². The number of carbonyl (C=O) groups is 1. The predicted molar refractivity (Wildman–Crippen MR) is 112 cm³/mol. The summed E-state index contributed by atoms with van der Waals surface area (Å²) < 4.78 is 1.11. The molecule has 0 saturated carbocycles. The monoisotopic (exact) mass is 385 g/mol. The predicted octanol–water partition coefficient (Wildman–Crippen LogP) is 4.29. The molecule has 6 heteroatoms. The van der Waals surface area contributed by atoms with Gasteiger partial charge in [-0.25, -0.2) is 4.98 Å². The molecule has 136 valence electrons. The summed E-state index contributed by atoms with van der Waals surface area (Å²) in [6.07, 6.45) is 0. The number of nitrogens with zero attached hydrogens (tertiary/aromatic N) is 3. The van der Waals surface area contributed by atoms with E-state index in [0.717, 1.165) is 26.8 Å². The molecule has 0 spiro atoms. The maximum Gasteiger partial charge on any atom is 0.239 e. The number of aryl methyl sites for hydroxylation is 1. The number of likely N-dealkylation sites (N-methyl/N-ethyl adjacent to an activating group) is 1. The largest absolute Gasteiger partial charge is 0.308 e. The number of hydrogen-bond acceptors (Lipinski definition) is 5. The lowest BCUT2D eigenvalue weighted by Gasteiger charge is -2.21. The molecule has 0 aliphatic rings. The molecule has 1 aromatic heterocycles. The summed E-state index contributed by atoms with van der Waals surface area (Å²) in [5.41, 5.74) is 2.17. The smallest absolute Gasteiger partial charge is 0.239 e. The Kier molecular flexibility index (Phi) is 6.29. The van der Waals surface area contributed by atoms with E-state index >= 15 is 0 Å². The van der Waals surface area contributed by atoms with E-state index in [-0.39, 0.29) is 5.91 Å². The van der Waals surface area contributed by atoms with Crippen LogP contribution in [0.25, 0.3) is 10.2 Å². The van der Waals surface area contributed by atoms with Gasteiger partial charge in [0.2, 0.25) is 5.91 Å². The molecule has 0 radical (unpaired) electrons. The Bertz CT molecular complexity index is 841. The van der Waals surface area contributed by atoms with Crippen LogP contribution in [0, 0.1) is 6.92 Å². The average molecular weight is 386 g/mol. The number of para-hydroxylation sites is 1. The van der Waals surface area contributed by atoms with Crippen molar-refractivity contribution in [3.63, 3.8) is 0 Å². The van der Waals surface area contributed by atoms with E-state index in [4.69, 9.17) is 0 Å². The average Bonchev–Trinajstić information content (AvgIpc) is 3.05. The number of thioether (sulfide) groups is 1. The van der Waals surface area contributed by atoms with Crippen LogP contribution in [0.15, 0.2) is 53.4 Å². The Morgan fingerprint density at radius 3 is 2.50 bits per heavy atom. The van der Waals surface area contributed by atoms with Crippen molar-refractivity contribution in [1.82, 2.24) is 9.88 Å². The molecular weight excluding hydrogens is 362 g/mol. The van der Waals surface area contributed by atoms with Crippen molar-refractivity contribution in [3.8, 4) is 0 Å². The molecule has 0 bridgehead atoms. The molecule has 1 heterocycles. The fourth-order valence-electron chi connectivity index (χ4n) is 2.46.